The van der Waals surface area contributed by atoms with Gasteiger partial charge in [0.2, 0.25) is 0 Å². The van der Waals surface area contributed by atoms with Crippen LogP contribution < -0.4 is 5.32 Å². The number of amides is 1. The molecule has 132 valence electrons. The minimum atomic E-state index is 0.00875. The van der Waals surface area contributed by atoms with E-state index in [2.05, 4.69) is 12.2 Å². The van der Waals surface area contributed by atoms with Crippen molar-refractivity contribution in [3.8, 4) is 0 Å². The SMILES string of the molecule is C[C@@H](NC(=O)c1sc2ccccc2c1Cl)C12CC3CC(CC(C3)C1)C2. The van der Waals surface area contributed by atoms with Crippen molar-refractivity contribution in [2.75, 3.05) is 0 Å². The molecule has 1 aromatic carbocycles. The molecule has 0 saturated heterocycles. The number of halogens is 1. The van der Waals surface area contributed by atoms with E-state index in [9.17, 15) is 4.79 Å². The van der Waals surface area contributed by atoms with Crippen LogP contribution in [0.15, 0.2) is 24.3 Å². The lowest BCUT2D eigenvalue weighted by Gasteiger charge is -2.59. The summed E-state index contributed by atoms with van der Waals surface area (Å²) in [4.78, 5) is 13.6. The molecule has 0 unspecified atom stereocenters. The van der Waals surface area contributed by atoms with E-state index in [-0.39, 0.29) is 11.9 Å². The second-order valence-electron chi connectivity index (χ2n) is 8.72. The van der Waals surface area contributed by atoms with Crippen molar-refractivity contribution in [3.05, 3.63) is 34.2 Å². The van der Waals surface area contributed by atoms with E-state index in [1.54, 1.807) is 0 Å². The highest BCUT2D eigenvalue weighted by Crippen LogP contribution is 2.61. The first-order valence-corrected chi connectivity index (χ1v) is 10.7. The van der Waals surface area contributed by atoms with Gasteiger partial charge in [-0.2, -0.15) is 0 Å². The number of thiophene rings is 1. The van der Waals surface area contributed by atoms with Gasteiger partial charge in [0.25, 0.3) is 5.91 Å². The monoisotopic (exact) mass is 373 g/mol. The predicted octanol–water partition coefficient (Wildman–Crippen LogP) is 5.89. The topological polar surface area (TPSA) is 29.1 Å². The number of carbonyl (C=O) groups excluding carboxylic acids is 1. The molecule has 4 fully saturated rings. The number of hydrogen-bond donors (Lipinski definition) is 1. The van der Waals surface area contributed by atoms with Crippen molar-refractivity contribution in [1.29, 1.82) is 0 Å². The molecule has 6 rings (SSSR count). The second-order valence-corrected chi connectivity index (χ2v) is 10.1. The number of fused-ring (bicyclic) bond motifs is 1. The lowest BCUT2D eigenvalue weighted by atomic mass is 9.48. The van der Waals surface area contributed by atoms with E-state index in [1.807, 2.05) is 24.3 Å². The molecule has 1 aromatic heterocycles. The lowest BCUT2D eigenvalue weighted by molar-refractivity contribution is -0.0687. The first-order valence-electron chi connectivity index (χ1n) is 9.52. The standard InChI is InChI=1S/C21H24ClNOS/c1-12(21-9-13-6-14(10-21)8-15(7-13)11-21)23-20(24)19-18(22)16-4-2-3-5-17(16)25-19/h2-5,12-15H,6-11H2,1H3,(H,23,24)/t12-,13?,14?,15?,21?/m1/s1. The van der Waals surface area contributed by atoms with Crippen molar-refractivity contribution < 1.29 is 4.79 Å². The maximum absolute atomic E-state index is 13.0. The van der Waals surface area contributed by atoms with E-state index in [0.717, 1.165) is 27.8 Å². The van der Waals surface area contributed by atoms with E-state index in [1.165, 1.54) is 49.9 Å². The van der Waals surface area contributed by atoms with Crippen LogP contribution in [0.25, 0.3) is 10.1 Å². The summed E-state index contributed by atoms with van der Waals surface area (Å²) in [5.41, 5.74) is 0.327. The Hall–Kier alpha value is -1.06. The highest BCUT2D eigenvalue weighted by atomic mass is 35.5. The van der Waals surface area contributed by atoms with Gasteiger partial charge in [-0.25, -0.2) is 0 Å². The Morgan fingerprint density at radius 1 is 1.16 bits per heavy atom. The molecular formula is C21H24ClNOS. The Morgan fingerprint density at radius 3 is 2.36 bits per heavy atom. The highest BCUT2D eigenvalue weighted by Gasteiger charge is 2.53. The summed E-state index contributed by atoms with van der Waals surface area (Å²) in [7, 11) is 0. The molecule has 0 aliphatic heterocycles. The van der Waals surface area contributed by atoms with Crippen LogP contribution >= 0.6 is 22.9 Å². The molecule has 4 saturated carbocycles. The van der Waals surface area contributed by atoms with Crippen LogP contribution in [0.2, 0.25) is 5.02 Å². The Morgan fingerprint density at radius 2 is 1.76 bits per heavy atom. The zero-order valence-electron chi connectivity index (χ0n) is 14.6. The molecule has 1 atom stereocenters. The van der Waals surface area contributed by atoms with Crippen LogP contribution in [-0.4, -0.2) is 11.9 Å². The molecule has 0 radical (unpaired) electrons. The third kappa shape index (κ3) is 2.54. The summed E-state index contributed by atoms with van der Waals surface area (Å²) < 4.78 is 1.08. The Balaban J connectivity index is 1.39. The van der Waals surface area contributed by atoms with Gasteiger partial charge in [0.1, 0.15) is 4.88 Å². The van der Waals surface area contributed by atoms with Gasteiger partial charge in [0.15, 0.2) is 0 Å². The van der Waals surface area contributed by atoms with Gasteiger partial charge in [-0.3, -0.25) is 4.79 Å². The molecule has 4 bridgehead atoms. The van der Waals surface area contributed by atoms with Gasteiger partial charge in [-0.1, -0.05) is 29.8 Å². The molecule has 2 nitrogen and oxygen atoms in total. The molecule has 1 N–H and O–H groups in total. The van der Waals surface area contributed by atoms with Gasteiger partial charge in [-0.15, -0.1) is 11.3 Å². The van der Waals surface area contributed by atoms with Gasteiger partial charge in [0.05, 0.1) is 5.02 Å². The lowest BCUT2D eigenvalue weighted by Crippen LogP contribution is -2.55. The molecule has 0 spiro atoms. The summed E-state index contributed by atoms with van der Waals surface area (Å²) in [6.07, 6.45) is 8.22. The van der Waals surface area contributed by atoms with Crippen molar-refractivity contribution in [1.82, 2.24) is 5.32 Å². The summed E-state index contributed by atoms with van der Waals surface area (Å²) in [5.74, 6) is 2.71. The quantitative estimate of drug-likeness (QED) is 0.714. The van der Waals surface area contributed by atoms with Crippen molar-refractivity contribution in [2.24, 2.45) is 23.2 Å². The van der Waals surface area contributed by atoms with Crippen LogP contribution in [0.1, 0.15) is 55.1 Å². The minimum absolute atomic E-state index is 0.00875. The zero-order valence-corrected chi connectivity index (χ0v) is 16.1. The maximum atomic E-state index is 13.0. The number of benzene rings is 1. The fourth-order valence-electron chi connectivity index (χ4n) is 6.28. The van der Waals surface area contributed by atoms with Crippen molar-refractivity contribution in [2.45, 2.75) is 51.5 Å². The molecular weight excluding hydrogens is 350 g/mol. The first kappa shape index (κ1) is 16.1. The molecule has 4 heteroatoms. The summed E-state index contributed by atoms with van der Waals surface area (Å²) in [6.45, 7) is 2.23. The van der Waals surface area contributed by atoms with Gasteiger partial charge < -0.3 is 5.32 Å². The smallest absolute Gasteiger partial charge is 0.263 e. The average molecular weight is 374 g/mol. The Kier molecular flexibility index (Phi) is 3.69. The van der Waals surface area contributed by atoms with Crippen molar-refractivity contribution >= 4 is 38.9 Å². The van der Waals surface area contributed by atoms with Crippen LogP contribution in [0.4, 0.5) is 0 Å². The predicted molar refractivity (Wildman–Crippen MR) is 104 cm³/mol. The first-order chi connectivity index (χ1) is 12.0. The summed E-state index contributed by atoms with van der Waals surface area (Å²) in [6, 6.07) is 8.23. The Bertz CT molecular complexity index is 806. The van der Waals surface area contributed by atoms with Gasteiger partial charge in [-0.05, 0) is 74.7 Å². The Labute approximate surface area is 157 Å². The summed E-state index contributed by atoms with van der Waals surface area (Å²) in [5, 5.41) is 4.94. The number of hydrogen-bond acceptors (Lipinski definition) is 2. The van der Waals surface area contributed by atoms with E-state index >= 15 is 0 Å². The zero-order chi connectivity index (χ0) is 17.2. The molecule has 1 amide bonds. The van der Waals surface area contributed by atoms with E-state index in [0.29, 0.717) is 15.3 Å². The fraction of sp³-hybridized carbons (Fsp3) is 0.571. The van der Waals surface area contributed by atoms with Crippen LogP contribution in [0.3, 0.4) is 0 Å². The van der Waals surface area contributed by atoms with E-state index < -0.39 is 0 Å². The number of carbonyl (C=O) groups is 1. The molecule has 25 heavy (non-hydrogen) atoms. The largest absolute Gasteiger partial charge is 0.348 e. The van der Waals surface area contributed by atoms with Crippen LogP contribution in [0, 0.1) is 23.2 Å². The normalized spacial score (nSPS) is 34.4. The molecule has 4 aliphatic carbocycles. The highest BCUT2D eigenvalue weighted by molar-refractivity contribution is 7.21. The molecule has 1 heterocycles. The van der Waals surface area contributed by atoms with Gasteiger partial charge >= 0.3 is 0 Å². The third-order valence-electron chi connectivity index (χ3n) is 7.09. The third-order valence-corrected chi connectivity index (χ3v) is 8.77. The van der Waals surface area contributed by atoms with Crippen LogP contribution in [0.5, 0.6) is 0 Å². The van der Waals surface area contributed by atoms with Gasteiger partial charge in [0, 0.05) is 16.1 Å². The molecule has 4 aliphatic rings. The van der Waals surface area contributed by atoms with Crippen molar-refractivity contribution in [3.63, 3.8) is 0 Å². The number of nitrogens with one attached hydrogen (secondary N) is 1. The number of rotatable bonds is 3. The van der Waals surface area contributed by atoms with E-state index in [4.69, 9.17) is 11.6 Å². The second kappa shape index (κ2) is 5.72. The molecule has 2 aromatic rings. The average Bonchev–Trinajstić information content (AvgIpc) is 2.91. The minimum Gasteiger partial charge on any atom is -0.348 e. The fourth-order valence-corrected chi connectivity index (χ4v) is 7.70. The van der Waals surface area contributed by atoms with Crippen LogP contribution in [-0.2, 0) is 0 Å². The summed E-state index contributed by atoms with van der Waals surface area (Å²) >= 11 is 8.01. The maximum Gasteiger partial charge on any atom is 0.263 e.